The smallest absolute Gasteiger partial charge is 0.320 e. The fourth-order valence-electron chi connectivity index (χ4n) is 1.27. The second kappa shape index (κ2) is 7.62. The third-order valence-electron chi connectivity index (χ3n) is 1.98. The van der Waals surface area contributed by atoms with Crippen molar-refractivity contribution in [3.05, 3.63) is 0 Å². The maximum Gasteiger partial charge on any atom is 0.320 e. The molecule has 0 amide bonds. The predicted octanol–water partition coefficient (Wildman–Crippen LogP) is 0.306. The van der Waals surface area contributed by atoms with E-state index in [4.69, 9.17) is 4.74 Å². The summed E-state index contributed by atoms with van der Waals surface area (Å²) in [7, 11) is -2.98. The normalized spacial score (nSPS) is 11.8. The molecule has 5 nitrogen and oxygen atoms in total. The van der Waals surface area contributed by atoms with Crippen LogP contribution in [0.15, 0.2) is 0 Å². The highest BCUT2D eigenvalue weighted by molar-refractivity contribution is 7.90. The SMILES string of the molecule is CCCN(CCS(C)(=O)=O)CC(=O)OCC. The summed E-state index contributed by atoms with van der Waals surface area (Å²) in [5, 5.41) is 0. The lowest BCUT2D eigenvalue weighted by molar-refractivity contribution is -0.144. The van der Waals surface area contributed by atoms with Gasteiger partial charge in [-0.25, -0.2) is 8.42 Å². The molecule has 0 aromatic rings. The Balaban J connectivity index is 4.11. The molecule has 96 valence electrons. The molecule has 0 saturated carbocycles. The van der Waals surface area contributed by atoms with Gasteiger partial charge in [0.25, 0.3) is 0 Å². The topological polar surface area (TPSA) is 63.7 Å². The van der Waals surface area contributed by atoms with E-state index in [2.05, 4.69) is 0 Å². The van der Waals surface area contributed by atoms with E-state index in [1.165, 1.54) is 6.26 Å². The van der Waals surface area contributed by atoms with E-state index in [-0.39, 0.29) is 18.3 Å². The number of carbonyl (C=O) groups excluding carboxylic acids is 1. The van der Waals surface area contributed by atoms with Gasteiger partial charge in [0.05, 0.1) is 18.9 Å². The lowest BCUT2D eigenvalue weighted by atomic mass is 10.4. The monoisotopic (exact) mass is 251 g/mol. The molecule has 0 unspecified atom stereocenters. The van der Waals surface area contributed by atoms with Crippen molar-refractivity contribution in [2.75, 3.05) is 38.2 Å². The van der Waals surface area contributed by atoms with Crippen molar-refractivity contribution < 1.29 is 17.9 Å². The lowest BCUT2D eigenvalue weighted by Crippen LogP contribution is -2.35. The van der Waals surface area contributed by atoms with Crippen molar-refractivity contribution in [1.29, 1.82) is 0 Å². The fraction of sp³-hybridized carbons (Fsp3) is 0.900. The molecular weight excluding hydrogens is 230 g/mol. The molecular formula is C10H21NO4S. The average Bonchev–Trinajstić information content (AvgIpc) is 2.14. The Labute approximate surface area is 97.7 Å². The zero-order valence-corrected chi connectivity index (χ0v) is 11.0. The van der Waals surface area contributed by atoms with Gasteiger partial charge in [0.2, 0.25) is 0 Å². The Kier molecular flexibility index (Phi) is 7.33. The zero-order valence-electron chi connectivity index (χ0n) is 10.2. The average molecular weight is 251 g/mol. The molecule has 0 radical (unpaired) electrons. The number of carbonyl (C=O) groups is 1. The molecule has 0 aliphatic heterocycles. The highest BCUT2D eigenvalue weighted by atomic mass is 32.2. The lowest BCUT2D eigenvalue weighted by Gasteiger charge is -2.19. The van der Waals surface area contributed by atoms with Crippen LogP contribution in [0, 0.1) is 0 Å². The highest BCUT2D eigenvalue weighted by Crippen LogP contribution is 1.95. The van der Waals surface area contributed by atoms with Gasteiger partial charge in [-0.05, 0) is 19.9 Å². The summed E-state index contributed by atoms with van der Waals surface area (Å²) >= 11 is 0. The third kappa shape index (κ3) is 8.67. The number of nitrogens with zero attached hydrogens (tertiary/aromatic N) is 1. The quantitative estimate of drug-likeness (QED) is 0.581. The molecule has 0 aromatic heterocycles. The molecule has 0 atom stereocenters. The van der Waals surface area contributed by atoms with Gasteiger partial charge in [-0.3, -0.25) is 9.69 Å². The van der Waals surface area contributed by atoms with Crippen molar-refractivity contribution in [3.8, 4) is 0 Å². The molecule has 0 rings (SSSR count). The number of esters is 1. The van der Waals surface area contributed by atoms with Crippen LogP contribution in [0.2, 0.25) is 0 Å². The van der Waals surface area contributed by atoms with Crippen molar-refractivity contribution in [3.63, 3.8) is 0 Å². The third-order valence-corrected chi connectivity index (χ3v) is 2.90. The summed E-state index contributed by atoms with van der Waals surface area (Å²) in [6, 6.07) is 0. The molecule has 0 N–H and O–H groups in total. The minimum absolute atomic E-state index is 0.0758. The highest BCUT2D eigenvalue weighted by Gasteiger charge is 2.12. The van der Waals surface area contributed by atoms with Gasteiger partial charge >= 0.3 is 5.97 Å². The van der Waals surface area contributed by atoms with Crippen LogP contribution in [0.3, 0.4) is 0 Å². The molecule has 0 fully saturated rings. The van der Waals surface area contributed by atoms with E-state index in [0.29, 0.717) is 19.7 Å². The Morgan fingerprint density at radius 2 is 1.88 bits per heavy atom. The van der Waals surface area contributed by atoms with Crippen molar-refractivity contribution >= 4 is 15.8 Å². The maximum absolute atomic E-state index is 11.2. The van der Waals surface area contributed by atoms with E-state index in [1.54, 1.807) is 11.8 Å². The first-order valence-corrected chi connectivity index (χ1v) is 7.50. The molecule has 0 saturated heterocycles. The second-order valence-corrected chi connectivity index (χ2v) is 5.97. The summed E-state index contributed by atoms with van der Waals surface area (Å²) in [5.41, 5.74) is 0. The number of hydrogen-bond acceptors (Lipinski definition) is 5. The first-order valence-electron chi connectivity index (χ1n) is 5.44. The zero-order chi connectivity index (χ0) is 12.6. The Morgan fingerprint density at radius 1 is 1.25 bits per heavy atom. The van der Waals surface area contributed by atoms with E-state index in [9.17, 15) is 13.2 Å². The molecule has 0 spiro atoms. The van der Waals surface area contributed by atoms with Crippen LogP contribution in [0.25, 0.3) is 0 Å². The van der Waals surface area contributed by atoms with Crippen LogP contribution in [0.4, 0.5) is 0 Å². The van der Waals surface area contributed by atoms with Gasteiger partial charge in [-0.15, -0.1) is 0 Å². The van der Waals surface area contributed by atoms with Crippen LogP contribution >= 0.6 is 0 Å². The summed E-state index contributed by atoms with van der Waals surface area (Å²) in [5.74, 6) is -0.226. The van der Waals surface area contributed by atoms with Crippen LogP contribution in [0.1, 0.15) is 20.3 Å². The summed E-state index contributed by atoms with van der Waals surface area (Å²) in [6.07, 6.45) is 2.07. The van der Waals surface area contributed by atoms with Crippen LogP contribution in [-0.2, 0) is 19.4 Å². The summed E-state index contributed by atoms with van der Waals surface area (Å²) in [6.45, 7) is 5.33. The van der Waals surface area contributed by atoms with Gasteiger partial charge in [-0.1, -0.05) is 6.92 Å². The Hall–Kier alpha value is -0.620. The van der Waals surface area contributed by atoms with Gasteiger partial charge in [0.15, 0.2) is 0 Å². The number of ether oxygens (including phenoxy) is 1. The largest absolute Gasteiger partial charge is 0.465 e. The molecule has 0 aromatic carbocycles. The Bertz CT molecular complexity index is 300. The summed E-state index contributed by atoms with van der Waals surface area (Å²) < 4.78 is 26.8. The van der Waals surface area contributed by atoms with Gasteiger partial charge in [-0.2, -0.15) is 0 Å². The maximum atomic E-state index is 11.2. The van der Waals surface area contributed by atoms with E-state index < -0.39 is 9.84 Å². The van der Waals surface area contributed by atoms with E-state index in [1.807, 2.05) is 6.92 Å². The molecule has 0 aliphatic carbocycles. The van der Waals surface area contributed by atoms with Crippen molar-refractivity contribution in [2.45, 2.75) is 20.3 Å². The Morgan fingerprint density at radius 3 is 2.31 bits per heavy atom. The number of hydrogen-bond donors (Lipinski definition) is 0. The van der Waals surface area contributed by atoms with Crippen molar-refractivity contribution in [1.82, 2.24) is 4.90 Å². The standard InChI is InChI=1S/C10H21NO4S/c1-4-6-11(7-8-16(3,13)14)9-10(12)15-5-2/h4-9H2,1-3H3. The predicted molar refractivity (Wildman–Crippen MR) is 63.1 cm³/mol. The van der Waals surface area contributed by atoms with Crippen LogP contribution in [-0.4, -0.2) is 57.5 Å². The summed E-state index contributed by atoms with van der Waals surface area (Å²) in [4.78, 5) is 13.0. The first kappa shape index (κ1) is 15.4. The van der Waals surface area contributed by atoms with Crippen LogP contribution < -0.4 is 0 Å². The van der Waals surface area contributed by atoms with Crippen LogP contribution in [0.5, 0.6) is 0 Å². The second-order valence-electron chi connectivity index (χ2n) is 3.71. The van der Waals surface area contributed by atoms with Gasteiger partial charge in [0.1, 0.15) is 9.84 Å². The molecule has 0 aliphatic rings. The molecule has 0 heterocycles. The van der Waals surface area contributed by atoms with E-state index >= 15 is 0 Å². The first-order chi connectivity index (χ1) is 7.39. The fourth-order valence-corrected chi connectivity index (χ4v) is 1.86. The molecule has 16 heavy (non-hydrogen) atoms. The number of sulfone groups is 1. The van der Waals surface area contributed by atoms with Gasteiger partial charge in [0, 0.05) is 12.8 Å². The van der Waals surface area contributed by atoms with Gasteiger partial charge < -0.3 is 4.74 Å². The molecule has 6 heteroatoms. The van der Waals surface area contributed by atoms with E-state index in [0.717, 1.165) is 6.42 Å². The minimum atomic E-state index is -2.98. The number of rotatable bonds is 8. The molecule has 0 bridgehead atoms. The minimum Gasteiger partial charge on any atom is -0.465 e. The van der Waals surface area contributed by atoms with Crippen molar-refractivity contribution in [2.24, 2.45) is 0 Å².